The molecule has 2 amide bonds. The summed E-state index contributed by atoms with van der Waals surface area (Å²) >= 11 is 1.48. The van der Waals surface area contributed by atoms with Gasteiger partial charge in [0.05, 0.1) is 11.8 Å². The van der Waals surface area contributed by atoms with E-state index >= 15 is 0 Å². The Morgan fingerprint density at radius 3 is 2.29 bits per heavy atom. The maximum atomic E-state index is 12.0. The van der Waals surface area contributed by atoms with E-state index in [-0.39, 0.29) is 29.1 Å². The molecule has 0 aliphatic heterocycles. The summed E-state index contributed by atoms with van der Waals surface area (Å²) in [5, 5.41) is 5.23. The van der Waals surface area contributed by atoms with Gasteiger partial charge in [0.1, 0.15) is 0 Å². The predicted octanol–water partition coefficient (Wildman–Crippen LogP) is 2.51. The first kappa shape index (κ1) is 17.6. The molecule has 1 aromatic carbocycles. The van der Waals surface area contributed by atoms with Gasteiger partial charge in [-0.1, -0.05) is 17.7 Å². The lowest BCUT2D eigenvalue weighted by atomic mass is 10.1. The number of thioether (sulfide) groups is 1. The van der Waals surface area contributed by atoms with E-state index in [4.69, 9.17) is 0 Å². The fourth-order valence-corrected chi connectivity index (χ4v) is 2.54. The van der Waals surface area contributed by atoms with E-state index in [1.807, 2.05) is 58.9 Å². The van der Waals surface area contributed by atoms with Crippen molar-refractivity contribution in [3.05, 3.63) is 29.8 Å². The van der Waals surface area contributed by atoms with Crippen molar-refractivity contribution in [2.75, 3.05) is 6.54 Å². The number of hydrogen-bond donors (Lipinski definition) is 2. The van der Waals surface area contributed by atoms with E-state index in [1.54, 1.807) is 0 Å². The number of carbonyl (C=O) groups is 2. The molecule has 0 fully saturated rings. The minimum absolute atomic E-state index is 0.00883. The monoisotopic (exact) mass is 308 g/mol. The summed E-state index contributed by atoms with van der Waals surface area (Å²) in [5.41, 5.74) is 0.902. The third-order valence-corrected chi connectivity index (χ3v) is 3.75. The molecule has 0 radical (unpaired) electrons. The van der Waals surface area contributed by atoms with Crippen LogP contribution in [0.3, 0.4) is 0 Å². The van der Waals surface area contributed by atoms with Crippen LogP contribution in [-0.4, -0.2) is 29.1 Å². The molecule has 1 rings (SSSR count). The Kier molecular flexibility index (Phi) is 6.27. The molecule has 21 heavy (non-hydrogen) atoms. The topological polar surface area (TPSA) is 58.2 Å². The highest BCUT2D eigenvalue weighted by Crippen LogP contribution is 2.23. The average molecular weight is 308 g/mol. The van der Waals surface area contributed by atoms with Gasteiger partial charge in [0.15, 0.2) is 0 Å². The van der Waals surface area contributed by atoms with Crippen LogP contribution >= 0.6 is 11.8 Å². The predicted molar refractivity (Wildman–Crippen MR) is 87.4 cm³/mol. The van der Waals surface area contributed by atoms with Crippen LogP contribution < -0.4 is 10.6 Å². The summed E-state index contributed by atoms with van der Waals surface area (Å²) in [6.45, 7) is 9.59. The van der Waals surface area contributed by atoms with Crippen LogP contribution in [0, 0.1) is 6.92 Å². The Morgan fingerprint density at radius 2 is 1.76 bits per heavy atom. The smallest absolute Gasteiger partial charge is 0.239 e. The lowest BCUT2D eigenvalue weighted by Crippen LogP contribution is -2.46. The first-order valence-corrected chi connectivity index (χ1v) is 7.87. The standard InChI is InChI=1S/C16H24N2O2S/c1-11-6-8-13(9-7-11)21-12(2)15(20)17-10-14(19)18-16(3,4)5/h6-9,12H,10H2,1-5H3,(H,17,20)(H,18,19)/t12-/m0/s1. The lowest BCUT2D eigenvalue weighted by Gasteiger charge is -2.21. The van der Waals surface area contributed by atoms with Crippen LogP contribution in [0.25, 0.3) is 0 Å². The third-order valence-electron chi connectivity index (χ3n) is 2.64. The highest BCUT2D eigenvalue weighted by atomic mass is 32.2. The van der Waals surface area contributed by atoms with Crippen molar-refractivity contribution >= 4 is 23.6 Å². The second-order valence-corrected chi connectivity index (χ2v) is 7.50. The maximum Gasteiger partial charge on any atom is 0.239 e. The number of amides is 2. The van der Waals surface area contributed by atoms with Gasteiger partial charge in [-0.2, -0.15) is 0 Å². The summed E-state index contributed by atoms with van der Waals surface area (Å²) in [6, 6.07) is 8.03. The van der Waals surface area contributed by atoms with Gasteiger partial charge >= 0.3 is 0 Å². The van der Waals surface area contributed by atoms with E-state index in [1.165, 1.54) is 17.3 Å². The van der Waals surface area contributed by atoms with Crippen molar-refractivity contribution in [2.24, 2.45) is 0 Å². The summed E-state index contributed by atoms with van der Waals surface area (Å²) in [5.74, 6) is -0.312. The summed E-state index contributed by atoms with van der Waals surface area (Å²) in [7, 11) is 0. The van der Waals surface area contributed by atoms with Crippen molar-refractivity contribution in [1.29, 1.82) is 0 Å². The normalized spacial score (nSPS) is 12.6. The Balaban J connectivity index is 2.41. The van der Waals surface area contributed by atoms with Gasteiger partial charge in [0, 0.05) is 10.4 Å². The molecule has 0 saturated carbocycles. The zero-order valence-corrected chi connectivity index (χ0v) is 14.1. The molecule has 1 aromatic rings. The third kappa shape index (κ3) is 7.18. The van der Waals surface area contributed by atoms with E-state index in [2.05, 4.69) is 10.6 Å². The molecular weight excluding hydrogens is 284 g/mol. The van der Waals surface area contributed by atoms with Crippen molar-refractivity contribution in [3.63, 3.8) is 0 Å². The Bertz CT molecular complexity index is 492. The molecular formula is C16H24N2O2S. The molecule has 0 aliphatic rings. The summed E-state index contributed by atoms with van der Waals surface area (Å²) in [4.78, 5) is 24.7. The maximum absolute atomic E-state index is 12.0. The summed E-state index contributed by atoms with van der Waals surface area (Å²) in [6.07, 6.45) is 0. The molecule has 0 aliphatic carbocycles. The van der Waals surface area contributed by atoms with Gasteiger partial charge in [-0.3, -0.25) is 9.59 Å². The van der Waals surface area contributed by atoms with Gasteiger partial charge < -0.3 is 10.6 Å². The first-order valence-electron chi connectivity index (χ1n) is 6.99. The van der Waals surface area contributed by atoms with Gasteiger partial charge in [-0.05, 0) is 46.8 Å². The van der Waals surface area contributed by atoms with E-state index < -0.39 is 0 Å². The molecule has 5 heteroatoms. The SMILES string of the molecule is Cc1ccc(S[C@@H](C)C(=O)NCC(=O)NC(C)(C)C)cc1. The van der Waals surface area contributed by atoms with Crippen molar-refractivity contribution in [1.82, 2.24) is 10.6 Å². The largest absolute Gasteiger partial charge is 0.350 e. The van der Waals surface area contributed by atoms with Crippen LogP contribution in [-0.2, 0) is 9.59 Å². The molecule has 1 atom stereocenters. The minimum Gasteiger partial charge on any atom is -0.350 e. The molecule has 2 N–H and O–H groups in total. The van der Waals surface area contributed by atoms with Crippen LogP contribution in [0.2, 0.25) is 0 Å². The molecule has 0 unspecified atom stereocenters. The Hall–Kier alpha value is -1.49. The zero-order chi connectivity index (χ0) is 16.0. The van der Waals surface area contributed by atoms with Crippen molar-refractivity contribution < 1.29 is 9.59 Å². The van der Waals surface area contributed by atoms with Crippen LogP contribution in [0.15, 0.2) is 29.2 Å². The molecule has 4 nitrogen and oxygen atoms in total. The molecule has 116 valence electrons. The van der Waals surface area contributed by atoms with E-state index in [9.17, 15) is 9.59 Å². The van der Waals surface area contributed by atoms with Crippen LogP contribution in [0.1, 0.15) is 33.3 Å². The molecule has 0 bridgehead atoms. The number of benzene rings is 1. The highest BCUT2D eigenvalue weighted by Gasteiger charge is 2.17. The van der Waals surface area contributed by atoms with Gasteiger partial charge in [0.25, 0.3) is 0 Å². The van der Waals surface area contributed by atoms with E-state index in [0.717, 1.165) is 4.90 Å². The quantitative estimate of drug-likeness (QED) is 0.822. The van der Waals surface area contributed by atoms with Crippen molar-refractivity contribution in [2.45, 2.75) is 50.3 Å². The molecule has 0 heterocycles. The summed E-state index contributed by atoms with van der Waals surface area (Å²) < 4.78 is 0. The van der Waals surface area contributed by atoms with Crippen LogP contribution in [0.4, 0.5) is 0 Å². The molecule has 0 saturated heterocycles. The molecule has 0 aromatic heterocycles. The number of rotatable bonds is 5. The van der Waals surface area contributed by atoms with Gasteiger partial charge in [-0.25, -0.2) is 0 Å². The molecule has 0 spiro atoms. The number of aryl methyl sites for hydroxylation is 1. The van der Waals surface area contributed by atoms with Gasteiger partial charge in [-0.15, -0.1) is 11.8 Å². The number of nitrogens with one attached hydrogen (secondary N) is 2. The highest BCUT2D eigenvalue weighted by molar-refractivity contribution is 8.00. The number of hydrogen-bond acceptors (Lipinski definition) is 3. The first-order chi connectivity index (χ1) is 9.67. The second kappa shape index (κ2) is 7.50. The van der Waals surface area contributed by atoms with E-state index in [0.29, 0.717) is 0 Å². The minimum atomic E-state index is -0.288. The van der Waals surface area contributed by atoms with Gasteiger partial charge in [0.2, 0.25) is 11.8 Å². The lowest BCUT2D eigenvalue weighted by molar-refractivity contribution is -0.126. The van der Waals surface area contributed by atoms with Crippen LogP contribution in [0.5, 0.6) is 0 Å². The average Bonchev–Trinajstić information content (AvgIpc) is 2.36. The fourth-order valence-electron chi connectivity index (χ4n) is 1.65. The Labute approximate surface area is 131 Å². The Morgan fingerprint density at radius 1 is 1.19 bits per heavy atom. The zero-order valence-electron chi connectivity index (χ0n) is 13.3. The second-order valence-electron chi connectivity index (χ2n) is 6.09. The fraction of sp³-hybridized carbons (Fsp3) is 0.500. The number of carbonyl (C=O) groups excluding carboxylic acids is 2. The van der Waals surface area contributed by atoms with Crippen molar-refractivity contribution in [3.8, 4) is 0 Å².